The normalized spacial score (nSPS) is 31.4. The van der Waals surface area contributed by atoms with Crippen molar-refractivity contribution in [2.24, 2.45) is 10.4 Å². The standard InChI is InChI=1S/C12H19NS/c1-12(6-4-2-3-5-7-12)11-10-13-8-9-14-11/h8-11H,2-7H2,1H3. The summed E-state index contributed by atoms with van der Waals surface area (Å²) in [4.78, 5) is 4.28. The van der Waals surface area contributed by atoms with Crippen LogP contribution in [0.15, 0.2) is 16.6 Å². The van der Waals surface area contributed by atoms with Gasteiger partial charge in [0.15, 0.2) is 0 Å². The lowest BCUT2D eigenvalue weighted by molar-refractivity contribution is 0.301. The maximum Gasteiger partial charge on any atom is 0.0496 e. The molecule has 1 unspecified atom stereocenters. The van der Waals surface area contributed by atoms with Crippen LogP contribution in [0.4, 0.5) is 0 Å². The third-order valence-electron chi connectivity index (χ3n) is 3.53. The number of rotatable bonds is 1. The van der Waals surface area contributed by atoms with Gasteiger partial charge in [0.1, 0.15) is 0 Å². The summed E-state index contributed by atoms with van der Waals surface area (Å²) in [6.45, 7) is 2.45. The summed E-state index contributed by atoms with van der Waals surface area (Å²) >= 11 is 1.95. The third kappa shape index (κ3) is 2.22. The highest BCUT2D eigenvalue weighted by atomic mass is 32.2. The molecule has 0 bridgehead atoms. The van der Waals surface area contributed by atoms with E-state index in [1.807, 2.05) is 18.0 Å². The minimum Gasteiger partial charge on any atom is -0.267 e. The van der Waals surface area contributed by atoms with Crippen molar-refractivity contribution >= 4 is 18.0 Å². The highest BCUT2D eigenvalue weighted by Gasteiger charge is 2.33. The van der Waals surface area contributed by atoms with Crippen molar-refractivity contribution in [3.63, 3.8) is 0 Å². The van der Waals surface area contributed by atoms with Gasteiger partial charge >= 0.3 is 0 Å². The fraction of sp³-hybridized carbons (Fsp3) is 0.750. The van der Waals surface area contributed by atoms with Crippen molar-refractivity contribution in [2.45, 2.75) is 50.7 Å². The number of thioether (sulfide) groups is 1. The predicted molar refractivity (Wildman–Crippen MR) is 64.8 cm³/mol. The lowest BCUT2D eigenvalue weighted by Crippen LogP contribution is -2.30. The van der Waals surface area contributed by atoms with Crippen LogP contribution in [0, 0.1) is 5.41 Å². The molecule has 14 heavy (non-hydrogen) atoms. The quantitative estimate of drug-likeness (QED) is 0.594. The van der Waals surface area contributed by atoms with Gasteiger partial charge < -0.3 is 0 Å². The maximum absolute atomic E-state index is 4.28. The maximum atomic E-state index is 4.28. The second-order valence-electron chi connectivity index (χ2n) is 4.71. The smallest absolute Gasteiger partial charge is 0.0496 e. The number of hydrogen-bond donors (Lipinski definition) is 0. The molecule has 0 N–H and O–H groups in total. The van der Waals surface area contributed by atoms with Crippen molar-refractivity contribution in [3.8, 4) is 0 Å². The van der Waals surface area contributed by atoms with E-state index in [-0.39, 0.29) is 0 Å². The number of nitrogens with zero attached hydrogens (tertiary/aromatic N) is 1. The molecule has 0 amide bonds. The van der Waals surface area contributed by atoms with Crippen LogP contribution in [-0.4, -0.2) is 11.5 Å². The molecule has 0 aromatic rings. The molecule has 1 saturated carbocycles. The molecule has 2 aliphatic rings. The molecule has 1 nitrogen and oxygen atoms in total. The Kier molecular flexibility index (Phi) is 3.32. The zero-order valence-electron chi connectivity index (χ0n) is 8.91. The van der Waals surface area contributed by atoms with Crippen molar-refractivity contribution in [3.05, 3.63) is 11.6 Å². The molecular formula is C12H19NS. The van der Waals surface area contributed by atoms with Gasteiger partial charge in [0, 0.05) is 17.7 Å². The fourth-order valence-electron chi connectivity index (χ4n) is 2.48. The van der Waals surface area contributed by atoms with Crippen LogP contribution in [0.3, 0.4) is 0 Å². The second-order valence-corrected chi connectivity index (χ2v) is 5.76. The highest BCUT2D eigenvalue weighted by Crippen LogP contribution is 2.43. The molecule has 0 saturated heterocycles. The van der Waals surface area contributed by atoms with Gasteiger partial charge in [-0.3, -0.25) is 4.99 Å². The topological polar surface area (TPSA) is 12.4 Å². The van der Waals surface area contributed by atoms with E-state index in [0.29, 0.717) is 10.7 Å². The van der Waals surface area contributed by atoms with Crippen molar-refractivity contribution in [1.29, 1.82) is 0 Å². The molecule has 78 valence electrons. The van der Waals surface area contributed by atoms with E-state index in [1.165, 1.54) is 38.5 Å². The molecule has 1 heterocycles. The van der Waals surface area contributed by atoms with Gasteiger partial charge in [-0.15, -0.1) is 11.8 Å². The van der Waals surface area contributed by atoms with Crippen LogP contribution >= 0.6 is 11.8 Å². The molecule has 1 aliphatic carbocycles. The van der Waals surface area contributed by atoms with Gasteiger partial charge in [-0.05, 0) is 23.7 Å². The van der Waals surface area contributed by atoms with Crippen LogP contribution in [0.25, 0.3) is 0 Å². The molecule has 2 rings (SSSR count). The van der Waals surface area contributed by atoms with Crippen LogP contribution in [0.1, 0.15) is 45.4 Å². The summed E-state index contributed by atoms with van der Waals surface area (Å²) in [5.41, 5.74) is 0.495. The Bertz CT molecular complexity index is 237. The first-order valence-electron chi connectivity index (χ1n) is 5.65. The average molecular weight is 209 g/mol. The first-order chi connectivity index (χ1) is 6.81. The first-order valence-corrected chi connectivity index (χ1v) is 6.59. The highest BCUT2D eigenvalue weighted by molar-refractivity contribution is 8.03. The van der Waals surface area contributed by atoms with E-state index in [0.717, 1.165) is 0 Å². The Labute approximate surface area is 91.1 Å². The Balaban J connectivity index is 2.05. The molecule has 0 aromatic carbocycles. The van der Waals surface area contributed by atoms with E-state index in [1.54, 1.807) is 0 Å². The van der Waals surface area contributed by atoms with E-state index in [2.05, 4.69) is 23.5 Å². The summed E-state index contributed by atoms with van der Waals surface area (Å²) in [6.07, 6.45) is 12.5. The van der Waals surface area contributed by atoms with Crippen molar-refractivity contribution in [1.82, 2.24) is 0 Å². The summed E-state index contributed by atoms with van der Waals surface area (Å²) < 4.78 is 0. The average Bonchev–Trinajstić information content (AvgIpc) is 2.46. The molecule has 1 fully saturated rings. The van der Waals surface area contributed by atoms with Gasteiger partial charge in [0.2, 0.25) is 0 Å². The van der Waals surface area contributed by atoms with Gasteiger partial charge in [0.25, 0.3) is 0 Å². The van der Waals surface area contributed by atoms with Crippen LogP contribution in [0.2, 0.25) is 0 Å². The molecule has 0 aromatic heterocycles. The Morgan fingerprint density at radius 1 is 1.21 bits per heavy atom. The minimum absolute atomic E-state index is 0.495. The molecule has 1 aliphatic heterocycles. The lowest BCUT2D eigenvalue weighted by Gasteiger charge is -2.34. The summed E-state index contributed by atoms with van der Waals surface area (Å²) in [7, 11) is 0. The molecule has 2 heteroatoms. The molecular weight excluding hydrogens is 190 g/mol. The van der Waals surface area contributed by atoms with Crippen LogP contribution in [-0.2, 0) is 0 Å². The third-order valence-corrected chi connectivity index (χ3v) is 4.79. The van der Waals surface area contributed by atoms with E-state index < -0.39 is 0 Å². The molecule has 1 atom stereocenters. The summed E-state index contributed by atoms with van der Waals surface area (Å²) in [5, 5.41) is 2.76. The Morgan fingerprint density at radius 3 is 2.50 bits per heavy atom. The van der Waals surface area contributed by atoms with Crippen LogP contribution in [0.5, 0.6) is 0 Å². The van der Waals surface area contributed by atoms with Gasteiger partial charge in [0.05, 0.1) is 0 Å². The fourth-order valence-corrected chi connectivity index (χ4v) is 3.50. The SMILES string of the molecule is CC1(C2C=NC=CS2)CCCCCC1. The van der Waals surface area contributed by atoms with Gasteiger partial charge in [-0.25, -0.2) is 0 Å². The monoisotopic (exact) mass is 209 g/mol. The van der Waals surface area contributed by atoms with Crippen molar-refractivity contribution in [2.75, 3.05) is 0 Å². The number of aliphatic imine (C=N–C) groups is 1. The summed E-state index contributed by atoms with van der Waals surface area (Å²) in [5.74, 6) is 0. The minimum atomic E-state index is 0.495. The largest absolute Gasteiger partial charge is 0.267 e. The van der Waals surface area contributed by atoms with Gasteiger partial charge in [-0.2, -0.15) is 0 Å². The zero-order valence-corrected chi connectivity index (χ0v) is 9.72. The molecule has 0 spiro atoms. The molecule has 0 radical (unpaired) electrons. The lowest BCUT2D eigenvalue weighted by atomic mass is 9.79. The zero-order chi connectivity index (χ0) is 9.86. The van der Waals surface area contributed by atoms with Crippen LogP contribution < -0.4 is 0 Å². The number of hydrogen-bond acceptors (Lipinski definition) is 2. The predicted octanol–water partition coefficient (Wildman–Crippen LogP) is 4.00. The second kappa shape index (κ2) is 4.52. The van der Waals surface area contributed by atoms with Crippen molar-refractivity contribution < 1.29 is 0 Å². The van der Waals surface area contributed by atoms with E-state index in [9.17, 15) is 0 Å². The Morgan fingerprint density at radius 2 is 1.93 bits per heavy atom. The first kappa shape index (κ1) is 10.3. The van der Waals surface area contributed by atoms with E-state index in [4.69, 9.17) is 0 Å². The van der Waals surface area contributed by atoms with Gasteiger partial charge in [-0.1, -0.05) is 32.6 Å². The Hall–Kier alpha value is -0.240. The van der Waals surface area contributed by atoms with E-state index >= 15 is 0 Å². The summed E-state index contributed by atoms with van der Waals surface area (Å²) in [6, 6.07) is 0.